The highest BCUT2D eigenvalue weighted by atomic mass is 16.6. The van der Waals surface area contributed by atoms with E-state index in [-0.39, 0.29) is 18.2 Å². The molecule has 0 heterocycles. The van der Waals surface area contributed by atoms with Gasteiger partial charge in [-0.3, -0.25) is 0 Å². The smallest absolute Gasteiger partial charge is 0.407 e. The zero-order valence-corrected chi connectivity index (χ0v) is 10.5. The summed E-state index contributed by atoms with van der Waals surface area (Å²) in [5.41, 5.74) is -0.465. The van der Waals surface area contributed by atoms with E-state index in [1.165, 1.54) is 0 Å². The maximum Gasteiger partial charge on any atom is 0.407 e. The van der Waals surface area contributed by atoms with Crippen LogP contribution in [-0.4, -0.2) is 28.9 Å². The number of rotatable bonds is 1. The van der Waals surface area contributed by atoms with Crippen molar-refractivity contribution in [1.29, 1.82) is 0 Å². The number of hydrogen-bond acceptors (Lipinski definition) is 3. The Labute approximate surface area is 97.4 Å². The molecule has 0 bridgehead atoms. The molecule has 0 radical (unpaired) electrons. The van der Waals surface area contributed by atoms with Crippen LogP contribution < -0.4 is 5.32 Å². The summed E-state index contributed by atoms with van der Waals surface area (Å²) in [6, 6.07) is 0.0485. The number of hydrogen-bond donors (Lipinski definition) is 2. The van der Waals surface area contributed by atoms with Crippen molar-refractivity contribution in [3.8, 4) is 0 Å². The summed E-state index contributed by atoms with van der Waals surface area (Å²) in [4.78, 5) is 11.5. The van der Waals surface area contributed by atoms with E-state index in [0.717, 1.165) is 25.7 Å². The Hall–Kier alpha value is -0.770. The highest BCUT2D eigenvalue weighted by molar-refractivity contribution is 5.68. The van der Waals surface area contributed by atoms with E-state index >= 15 is 0 Å². The van der Waals surface area contributed by atoms with Crippen molar-refractivity contribution in [2.24, 2.45) is 0 Å². The quantitative estimate of drug-likeness (QED) is 0.678. The van der Waals surface area contributed by atoms with Gasteiger partial charge in [-0.1, -0.05) is 12.8 Å². The minimum Gasteiger partial charge on any atom is -0.444 e. The Balaban J connectivity index is 2.37. The number of nitrogens with one attached hydrogen (secondary N) is 1. The van der Waals surface area contributed by atoms with Crippen LogP contribution >= 0.6 is 0 Å². The third-order valence-corrected chi connectivity index (χ3v) is 2.62. The van der Waals surface area contributed by atoms with E-state index in [2.05, 4.69) is 5.32 Å². The highest BCUT2D eigenvalue weighted by Gasteiger charge is 2.22. The van der Waals surface area contributed by atoms with Crippen LogP contribution in [0.25, 0.3) is 0 Å². The van der Waals surface area contributed by atoms with Crippen molar-refractivity contribution in [1.82, 2.24) is 5.32 Å². The Morgan fingerprint density at radius 1 is 1.31 bits per heavy atom. The summed E-state index contributed by atoms with van der Waals surface area (Å²) >= 11 is 0. The summed E-state index contributed by atoms with van der Waals surface area (Å²) < 4.78 is 5.18. The predicted molar refractivity (Wildman–Crippen MR) is 62.2 cm³/mol. The number of amides is 1. The van der Waals surface area contributed by atoms with E-state index in [0.29, 0.717) is 6.42 Å². The van der Waals surface area contributed by atoms with Crippen molar-refractivity contribution in [2.75, 3.05) is 0 Å². The average Bonchev–Trinajstić information content (AvgIpc) is 2.26. The third kappa shape index (κ3) is 5.35. The fourth-order valence-corrected chi connectivity index (χ4v) is 1.94. The number of carbonyl (C=O) groups is 1. The molecule has 1 aliphatic carbocycles. The van der Waals surface area contributed by atoms with Gasteiger partial charge < -0.3 is 15.2 Å². The molecule has 2 atom stereocenters. The predicted octanol–water partition coefficient (Wildman–Crippen LogP) is 2.20. The van der Waals surface area contributed by atoms with Gasteiger partial charge in [0.25, 0.3) is 0 Å². The fourth-order valence-electron chi connectivity index (χ4n) is 1.94. The third-order valence-electron chi connectivity index (χ3n) is 2.62. The van der Waals surface area contributed by atoms with Crippen LogP contribution in [0, 0.1) is 0 Å². The number of ether oxygens (including phenoxy) is 1. The van der Waals surface area contributed by atoms with Crippen LogP contribution in [0.3, 0.4) is 0 Å². The van der Waals surface area contributed by atoms with Crippen LogP contribution in [0.2, 0.25) is 0 Å². The summed E-state index contributed by atoms with van der Waals surface area (Å²) in [5, 5.41) is 12.4. The van der Waals surface area contributed by atoms with E-state index in [9.17, 15) is 9.90 Å². The van der Waals surface area contributed by atoms with Gasteiger partial charge in [-0.05, 0) is 40.0 Å². The molecule has 0 aromatic carbocycles. The van der Waals surface area contributed by atoms with Crippen LogP contribution in [0.4, 0.5) is 4.79 Å². The normalized spacial score (nSPS) is 27.0. The molecule has 4 heteroatoms. The Morgan fingerprint density at radius 2 is 1.94 bits per heavy atom. The van der Waals surface area contributed by atoms with Gasteiger partial charge in [0.15, 0.2) is 0 Å². The molecule has 0 unspecified atom stereocenters. The zero-order valence-electron chi connectivity index (χ0n) is 10.5. The molecule has 16 heavy (non-hydrogen) atoms. The summed E-state index contributed by atoms with van der Waals surface area (Å²) in [7, 11) is 0. The monoisotopic (exact) mass is 229 g/mol. The first kappa shape index (κ1) is 13.3. The molecule has 0 saturated heterocycles. The zero-order chi connectivity index (χ0) is 12.2. The van der Waals surface area contributed by atoms with Crippen LogP contribution in [0.15, 0.2) is 0 Å². The summed E-state index contributed by atoms with van der Waals surface area (Å²) in [6.45, 7) is 5.53. The molecule has 0 aromatic heterocycles. The molecule has 4 nitrogen and oxygen atoms in total. The largest absolute Gasteiger partial charge is 0.444 e. The first-order valence-electron chi connectivity index (χ1n) is 6.04. The van der Waals surface area contributed by atoms with Gasteiger partial charge >= 0.3 is 6.09 Å². The minimum atomic E-state index is -0.465. The lowest BCUT2D eigenvalue weighted by Crippen LogP contribution is -2.40. The molecule has 2 N–H and O–H groups in total. The van der Waals surface area contributed by atoms with Gasteiger partial charge in [0, 0.05) is 6.04 Å². The van der Waals surface area contributed by atoms with Gasteiger partial charge in [-0.2, -0.15) is 0 Å². The van der Waals surface area contributed by atoms with Crippen molar-refractivity contribution >= 4 is 6.09 Å². The lowest BCUT2D eigenvalue weighted by Gasteiger charge is -2.23. The first-order valence-corrected chi connectivity index (χ1v) is 6.04. The molecule has 0 aromatic rings. The van der Waals surface area contributed by atoms with Gasteiger partial charge in [0.2, 0.25) is 0 Å². The summed E-state index contributed by atoms with van der Waals surface area (Å²) in [5.74, 6) is 0. The minimum absolute atomic E-state index is 0.0485. The number of aliphatic hydroxyl groups is 1. The molecule has 0 spiro atoms. The topological polar surface area (TPSA) is 58.6 Å². The van der Waals surface area contributed by atoms with Gasteiger partial charge in [0.05, 0.1) is 6.10 Å². The van der Waals surface area contributed by atoms with Crippen LogP contribution in [-0.2, 0) is 4.74 Å². The SMILES string of the molecule is CC(C)(C)OC(=O)N[C@H]1CCCC[C@@H](O)C1. The molecular formula is C12H23NO3. The molecular weight excluding hydrogens is 206 g/mol. The molecule has 1 fully saturated rings. The van der Waals surface area contributed by atoms with Crippen LogP contribution in [0.1, 0.15) is 52.9 Å². The first-order chi connectivity index (χ1) is 7.37. The van der Waals surface area contributed by atoms with Crippen molar-refractivity contribution < 1.29 is 14.6 Å². The average molecular weight is 229 g/mol. The number of aliphatic hydroxyl groups excluding tert-OH is 1. The second-order valence-corrected chi connectivity index (χ2v) is 5.52. The van der Waals surface area contributed by atoms with Gasteiger partial charge in [-0.25, -0.2) is 4.79 Å². The Bertz CT molecular complexity index is 235. The fraction of sp³-hybridized carbons (Fsp3) is 0.917. The van der Waals surface area contributed by atoms with E-state index in [1.54, 1.807) is 0 Å². The van der Waals surface area contributed by atoms with Crippen molar-refractivity contribution in [3.05, 3.63) is 0 Å². The highest BCUT2D eigenvalue weighted by Crippen LogP contribution is 2.18. The molecule has 1 aliphatic rings. The van der Waals surface area contributed by atoms with E-state index < -0.39 is 5.60 Å². The maximum absolute atomic E-state index is 11.5. The second-order valence-electron chi connectivity index (χ2n) is 5.52. The molecule has 1 amide bonds. The van der Waals surface area contributed by atoms with Gasteiger partial charge in [0.1, 0.15) is 5.60 Å². The molecule has 94 valence electrons. The van der Waals surface area contributed by atoms with E-state index in [4.69, 9.17) is 4.74 Å². The second kappa shape index (κ2) is 5.53. The Morgan fingerprint density at radius 3 is 2.56 bits per heavy atom. The number of alkyl carbamates (subject to hydrolysis) is 1. The maximum atomic E-state index is 11.5. The lowest BCUT2D eigenvalue weighted by atomic mass is 10.1. The standard InChI is InChI=1S/C12H23NO3/c1-12(2,3)16-11(15)13-9-6-4-5-7-10(14)8-9/h9-10,14H,4-8H2,1-3H3,(H,13,15)/t9-,10+/m0/s1. The summed E-state index contributed by atoms with van der Waals surface area (Å²) in [6.07, 6.45) is 3.82. The molecule has 1 saturated carbocycles. The van der Waals surface area contributed by atoms with Crippen molar-refractivity contribution in [2.45, 2.75) is 70.6 Å². The van der Waals surface area contributed by atoms with E-state index in [1.807, 2.05) is 20.8 Å². The lowest BCUT2D eigenvalue weighted by molar-refractivity contribution is 0.0485. The Kier molecular flexibility index (Phi) is 4.59. The molecule has 1 rings (SSSR count). The number of carbonyl (C=O) groups excluding carboxylic acids is 1. The van der Waals surface area contributed by atoms with Crippen molar-refractivity contribution in [3.63, 3.8) is 0 Å². The van der Waals surface area contributed by atoms with Crippen LogP contribution in [0.5, 0.6) is 0 Å². The molecule has 0 aliphatic heterocycles. The van der Waals surface area contributed by atoms with Gasteiger partial charge in [-0.15, -0.1) is 0 Å².